The van der Waals surface area contributed by atoms with E-state index in [4.69, 9.17) is 58.6 Å². The summed E-state index contributed by atoms with van der Waals surface area (Å²) >= 11 is 0. The van der Waals surface area contributed by atoms with Gasteiger partial charge in [0.1, 0.15) is 34.1 Å². The van der Waals surface area contributed by atoms with Gasteiger partial charge in [0.25, 0.3) is 1.45 Å². The quantitative estimate of drug-likeness (QED) is 0.0167. The maximum absolute atomic E-state index is 14.2. The number of nitrogen functional groups attached to an aromatic ring is 7. The summed E-state index contributed by atoms with van der Waals surface area (Å²) in [5.74, 6) is -5.64. The second-order valence-electron chi connectivity index (χ2n) is 28.6. The first-order chi connectivity index (χ1) is 61.7. The highest BCUT2D eigenvalue weighted by Gasteiger charge is 2.73. The molecule has 0 spiro atoms. The van der Waals surface area contributed by atoms with Crippen LogP contribution in [0.25, 0.3) is 33.4 Å². The van der Waals surface area contributed by atoms with Crippen molar-refractivity contribution in [2.75, 3.05) is 40.1 Å². The number of carbonyl (C=O) groups excluding carboxylic acids is 4. The Bertz CT molecular complexity index is 6010. The Morgan fingerprint density at radius 3 is 0.923 bits per heavy atom. The predicted octanol–water partition coefficient (Wildman–Crippen LogP) is 23.1. The van der Waals surface area contributed by atoms with Crippen molar-refractivity contribution in [3.8, 4) is 56.4 Å². The molecule has 17 rings (SSSR count). The molecule has 130 heavy (non-hydrogen) atoms. The van der Waals surface area contributed by atoms with E-state index >= 15 is 0 Å². The molecule has 2 heterocycles. The lowest BCUT2D eigenvalue weighted by Crippen LogP contribution is -2.55. The molecule has 2 aliphatic heterocycles. The maximum Gasteiger partial charge on any atom is 0.420 e. The molecule has 0 aromatic heterocycles. The third-order valence-corrected chi connectivity index (χ3v) is 20.6. The van der Waals surface area contributed by atoms with Gasteiger partial charge in [-0.3, -0.25) is 4.72 Å². The fraction of sp³-hybridized carbons (Fsp3) is 0.109. The lowest BCUT2D eigenvalue weighted by atomic mass is 9.67. The first-order valence-electron chi connectivity index (χ1n) is 37.9. The fourth-order valence-electron chi connectivity index (χ4n) is 14.8. The van der Waals surface area contributed by atoms with E-state index in [2.05, 4.69) is 112 Å². The lowest BCUT2D eigenvalue weighted by molar-refractivity contribution is -0.288. The summed E-state index contributed by atoms with van der Waals surface area (Å²) in [6.07, 6.45) is -28.5. The Kier molecular flexibility index (Phi) is 28.5. The third-order valence-electron chi connectivity index (χ3n) is 20.6. The van der Waals surface area contributed by atoms with Crippen LogP contribution in [0.1, 0.15) is 108 Å². The number of fused-ring (bicyclic) bond motifs is 6. The van der Waals surface area contributed by atoms with Crippen LogP contribution in [0.4, 0.5) is 128 Å². The molecule has 1 unspecified atom stereocenters. The number of halogens is 20. The standard InChI is InChI=1S/C26H18F6N2O2.C25H20N2.C19H6F6O6.C14H10F6N2.C8H9N.BF.BH2P.FH/c27-25(28,29)21-13-17(33)5-11-23(21)35-19-7-1-15(2-8-19)16-3-9-20(10-4-16)36-24-12-6-18(34)14-22(24)26(30,31)32;26-19-13-9-17(10-14-19)25(18-11-15-20(27)16-12-18)23-7-3-1-5-21(23)22-6-2-4-8-24(22)25;20-18(21,22)17(19(23,24)25,7-1-3-9-11(5-7)15(28)30-13(9)26)8-2-4-10-12(6-8)16(29)31-14(10)27;15-13(16,17)11-5-7(21)1-3-9(11)10-4-2-8(22)6-12(10)14(18,19)20;9-8-4-3-6-1-2-7(6)5-8;2*1-2;/h1-14H,33-34H2;1-16H,26-27H2;1-6H;1-6H,21-22H2;3-5H,1-2,9H2;;2H2;1H/i/hT. The van der Waals surface area contributed by atoms with E-state index in [9.17, 15) is 98.2 Å². The number of benzene rings is 13. The van der Waals surface area contributed by atoms with Gasteiger partial charge in [-0.15, -0.1) is 0 Å². The Hall–Kier alpha value is -14.5. The van der Waals surface area contributed by atoms with Crippen molar-refractivity contribution < 1.29 is 126 Å². The zero-order chi connectivity index (χ0) is 96.4. The third kappa shape index (κ3) is 20.4. The number of cyclic esters (lactones) is 4. The number of hydrogen-bond acceptors (Lipinski definition) is 15. The molecule has 2 aliphatic carbocycles. The summed E-state index contributed by atoms with van der Waals surface area (Å²) in [7, 11) is 9.33. The summed E-state index contributed by atoms with van der Waals surface area (Å²) in [5.41, 5.74) is 36.8. The van der Waals surface area contributed by atoms with Gasteiger partial charge in [0.15, 0.2) is 0 Å². The number of alkyl halides is 18. The second-order valence-corrected chi connectivity index (χ2v) is 28.6. The van der Waals surface area contributed by atoms with Crippen LogP contribution in [0, 0.1) is 0 Å². The molecule has 15 nitrogen and oxygen atoms in total. The average Bonchev–Trinajstić information content (AvgIpc) is 1.66. The highest BCUT2D eigenvalue weighted by Crippen LogP contribution is 2.59. The van der Waals surface area contributed by atoms with Crippen molar-refractivity contribution in [2.24, 2.45) is 0 Å². The van der Waals surface area contributed by atoms with E-state index in [0.717, 1.165) is 65.6 Å². The second kappa shape index (κ2) is 38.6. The molecule has 13 aromatic carbocycles. The van der Waals surface area contributed by atoms with Gasteiger partial charge in [-0.2, -0.15) is 88.1 Å². The summed E-state index contributed by atoms with van der Waals surface area (Å²) < 4.78 is 285. The number of hydrogen-bond donors (Lipinski definition) is 7. The first kappa shape index (κ1) is 96.1. The van der Waals surface area contributed by atoms with Crippen molar-refractivity contribution in [3.05, 3.63) is 362 Å². The molecule has 0 saturated heterocycles. The summed E-state index contributed by atoms with van der Waals surface area (Å²) in [5, 5.41) is 0. The molecule has 13 aromatic rings. The van der Waals surface area contributed by atoms with Crippen molar-refractivity contribution >= 4 is 88.5 Å². The van der Waals surface area contributed by atoms with Crippen molar-refractivity contribution in [1.82, 2.24) is 0 Å². The normalized spacial score (nSPS) is 13.2. The molecular weight excluding hydrogens is 1760 g/mol. The molecule has 1 atom stereocenters. The largest absolute Gasteiger partial charge is 0.457 e. The smallest absolute Gasteiger partial charge is 0.420 e. The fourth-order valence-corrected chi connectivity index (χ4v) is 14.8. The molecule has 14 N–H and O–H groups in total. The van der Waals surface area contributed by atoms with Crippen molar-refractivity contribution in [3.63, 3.8) is 0 Å². The van der Waals surface area contributed by atoms with E-state index in [1.54, 1.807) is 24.3 Å². The highest BCUT2D eigenvalue weighted by atomic mass is 31.0. The number of nitrogens with two attached hydrogens (primary N) is 7. The van der Waals surface area contributed by atoms with Crippen LogP contribution in [0.15, 0.2) is 273 Å². The zero-order valence-electron chi connectivity index (χ0n) is 67.5. The van der Waals surface area contributed by atoms with Crippen LogP contribution in [0.2, 0.25) is 0 Å². The lowest BCUT2D eigenvalue weighted by Gasteiger charge is -2.38. The van der Waals surface area contributed by atoms with E-state index < -0.39 is 133 Å². The van der Waals surface area contributed by atoms with Gasteiger partial charge >= 0.3 is 69.1 Å². The SMILES string of the molecule is Nc1ccc(-c2ccc(N)cc2C(F)(F)F)c(C(F)(F)F)c1.Nc1ccc(C2(c3ccc(N)cc3)c3ccccc3-c3ccccc32)cc1.Nc1ccc(Oc2ccc(-c3ccc(Oc4ccc(N)cc4C(F)(F)F)cc3)cc2)c(C(F)(F)F)c1.Nc1ccc2c(c1)CC2.O=C1OC(=O)c2cc(C(c3ccc4c(c3)C(=O)OC4=O)(C(F)(F)F)C(F)(F)F)ccc21.[3H]F.[B]F.[B]P. The number of anilines is 7. The molecular formula is C92H66B2F20N7O8P. The van der Waals surface area contributed by atoms with Gasteiger partial charge in [-0.1, -0.05) is 127 Å². The number of carbonyl (C=O) groups is 4. The van der Waals surface area contributed by atoms with Crippen LogP contribution < -0.4 is 49.6 Å². The average molecular weight is 1830 g/mol. The minimum Gasteiger partial charge on any atom is -0.457 e. The summed E-state index contributed by atoms with van der Waals surface area (Å²) in [6.45, 7) is 0. The monoisotopic (exact) mass is 1830 g/mol. The number of esters is 4. The predicted molar refractivity (Wildman–Crippen MR) is 455 cm³/mol. The Morgan fingerprint density at radius 1 is 0.315 bits per heavy atom. The molecule has 0 fully saturated rings. The van der Waals surface area contributed by atoms with Crippen molar-refractivity contribution in [1.29, 1.82) is 1.45 Å². The van der Waals surface area contributed by atoms with Gasteiger partial charge < -0.3 is 63.4 Å². The minimum atomic E-state index is -6.02. The molecule has 4 radical (unpaired) electrons. The summed E-state index contributed by atoms with van der Waals surface area (Å²) in [4.78, 5) is 46.5. The zero-order valence-corrected chi connectivity index (χ0v) is 67.6. The van der Waals surface area contributed by atoms with Gasteiger partial charge in [-0.25, -0.2) is 19.2 Å². The molecule has 0 saturated carbocycles. The van der Waals surface area contributed by atoms with E-state index in [1.165, 1.54) is 93.7 Å². The Morgan fingerprint density at radius 2 is 0.608 bits per heavy atom. The minimum absolute atomic E-state index is 0.0384. The Balaban J connectivity index is 0.000000174. The molecule has 0 bridgehead atoms. The van der Waals surface area contributed by atoms with E-state index in [-0.39, 0.29) is 63.3 Å². The van der Waals surface area contributed by atoms with E-state index in [0.29, 0.717) is 47.5 Å². The van der Waals surface area contributed by atoms with Crippen molar-refractivity contribution in [2.45, 2.75) is 60.7 Å². The molecule has 668 valence electrons. The van der Waals surface area contributed by atoms with E-state index in [1.807, 2.05) is 39.5 Å². The van der Waals surface area contributed by atoms with Crippen LogP contribution in [-0.2, 0) is 57.9 Å². The first-order valence-corrected chi connectivity index (χ1v) is 38.2. The maximum atomic E-state index is 14.2. The van der Waals surface area contributed by atoms with Crippen LogP contribution in [-0.4, -0.2) is 53.4 Å². The molecule has 38 heteroatoms. The highest BCUT2D eigenvalue weighted by molar-refractivity contribution is 7.49. The number of aryl methyl sites for hydroxylation is 2. The van der Waals surface area contributed by atoms with Gasteiger partial charge in [0.2, 0.25) is 5.41 Å². The topological polar surface area (TPSA) is 287 Å². The number of rotatable bonds is 10. The number of ether oxygens (including phenoxy) is 4. The van der Waals surface area contributed by atoms with Crippen LogP contribution >= 0.6 is 9.12 Å². The van der Waals surface area contributed by atoms with Gasteiger partial charge in [0, 0.05) is 39.8 Å². The molecule has 4 aliphatic rings. The van der Waals surface area contributed by atoms with Gasteiger partial charge in [-0.05, 0) is 236 Å². The molecule has 0 amide bonds. The van der Waals surface area contributed by atoms with Gasteiger partial charge in [0.05, 0.1) is 46.4 Å². The van der Waals surface area contributed by atoms with Crippen LogP contribution in [0.5, 0.6) is 23.0 Å². The Labute approximate surface area is 732 Å². The van der Waals surface area contributed by atoms with Crippen LogP contribution in [0.3, 0.4) is 0 Å². The summed E-state index contributed by atoms with van der Waals surface area (Å²) in [6, 6.07) is 66.9.